The number of hydrogen-bond donors (Lipinski definition) is 2. The van der Waals surface area contributed by atoms with Crippen molar-refractivity contribution >= 4 is 17.4 Å². The molecule has 0 atom stereocenters. The fourth-order valence-electron chi connectivity index (χ4n) is 2.24. The zero-order valence-corrected chi connectivity index (χ0v) is 11.3. The molecule has 0 aliphatic rings. The summed E-state index contributed by atoms with van der Waals surface area (Å²) >= 11 is 0. The van der Waals surface area contributed by atoms with E-state index in [1.807, 2.05) is 18.2 Å². The highest BCUT2D eigenvalue weighted by Crippen LogP contribution is 2.29. The van der Waals surface area contributed by atoms with Crippen molar-refractivity contribution < 1.29 is 14.6 Å². The molecule has 0 amide bonds. The molecule has 0 saturated heterocycles. The number of aromatic carboxylic acids is 1. The molecule has 6 heteroatoms. The summed E-state index contributed by atoms with van der Waals surface area (Å²) < 4.78 is 6.75. The lowest BCUT2D eigenvalue weighted by atomic mass is 10.1. The van der Waals surface area contributed by atoms with Gasteiger partial charge in [-0.2, -0.15) is 0 Å². The Morgan fingerprint density at radius 1 is 1.33 bits per heavy atom. The maximum atomic E-state index is 11.3. The van der Waals surface area contributed by atoms with Gasteiger partial charge in [0.25, 0.3) is 0 Å². The molecule has 2 heterocycles. The van der Waals surface area contributed by atoms with Crippen LogP contribution in [0.25, 0.3) is 16.9 Å². The number of aromatic nitrogens is 2. The zero-order valence-electron chi connectivity index (χ0n) is 11.3. The molecule has 1 aromatic carbocycles. The van der Waals surface area contributed by atoms with Crippen LogP contribution in [0.15, 0.2) is 42.6 Å². The molecular formula is C15H13N3O3. The van der Waals surface area contributed by atoms with E-state index in [9.17, 15) is 9.90 Å². The lowest BCUT2D eigenvalue weighted by molar-refractivity contribution is 0.0698. The highest BCUT2D eigenvalue weighted by Gasteiger charge is 2.17. The molecule has 0 spiro atoms. The molecule has 6 nitrogen and oxygen atoms in total. The van der Waals surface area contributed by atoms with Gasteiger partial charge in [0.05, 0.1) is 7.11 Å². The number of carboxylic acid groups (broad SMARTS) is 1. The third-order valence-electron chi connectivity index (χ3n) is 3.26. The van der Waals surface area contributed by atoms with Gasteiger partial charge in [0, 0.05) is 11.8 Å². The average molecular weight is 283 g/mol. The normalized spacial score (nSPS) is 10.7. The van der Waals surface area contributed by atoms with Crippen LogP contribution in [0.5, 0.6) is 5.75 Å². The van der Waals surface area contributed by atoms with Crippen LogP contribution in [0, 0.1) is 0 Å². The first kappa shape index (κ1) is 13.0. The largest absolute Gasteiger partial charge is 0.497 e. The maximum absolute atomic E-state index is 11.3. The Bertz CT molecular complexity index is 839. The number of carboxylic acids is 1. The van der Waals surface area contributed by atoms with Crippen molar-refractivity contribution in [1.29, 1.82) is 0 Å². The van der Waals surface area contributed by atoms with E-state index in [1.54, 1.807) is 29.8 Å². The number of ether oxygens (including phenoxy) is 1. The zero-order chi connectivity index (χ0) is 15.0. The standard InChI is InChI=1S/C15H13N3O3/c1-21-10-5-2-4-9(8-10)12-13(16)18-7-3-6-11(15(19)20)14(18)17-12/h2-8H,16H2,1H3,(H,19,20). The highest BCUT2D eigenvalue weighted by atomic mass is 16.5. The molecule has 3 rings (SSSR count). The summed E-state index contributed by atoms with van der Waals surface area (Å²) in [6, 6.07) is 10.4. The summed E-state index contributed by atoms with van der Waals surface area (Å²) in [4.78, 5) is 15.6. The number of imidazole rings is 1. The van der Waals surface area contributed by atoms with E-state index in [1.165, 1.54) is 6.07 Å². The van der Waals surface area contributed by atoms with Crippen LogP contribution in [0.4, 0.5) is 5.82 Å². The van der Waals surface area contributed by atoms with Crippen LogP contribution in [-0.2, 0) is 0 Å². The molecule has 2 aromatic heterocycles. The summed E-state index contributed by atoms with van der Waals surface area (Å²) in [5.74, 6) is 0.0339. The number of benzene rings is 1. The Labute approximate surface area is 120 Å². The van der Waals surface area contributed by atoms with Gasteiger partial charge in [-0.15, -0.1) is 0 Å². The Kier molecular flexibility index (Phi) is 2.98. The number of hydrogen-bond acceptors (Lipinski definition) is 4. The van der Waals surface area contributed by atoms with Crippen molar-refractivity contribution in [3.63, 3.8) is 0 Å². The summed E-state index contributed by atoms with van der Waals surface area (Å²) in [7, 11) is 1.58. The number of pyridine rings is 1. The van der Waals surface area contributed by atoms with Crippen LogP contribution in [0.3, 0.4) is 0 Å². The van der Waals surface area contributed by atoms with Crippen molar-refractivity contribution in [3.05, 3.63) is 48.2 Å². The second kappa shape index (κ2) is 4.82. The number of nitrogens with two attached hydrogens (primary N) is 1. The van der Waals surface area contributed by atoms with Crippen molar-refractivity contribution in [2.24, 2.45) is 0 Å². The first-order valence-electron chi connectivity index (χ1n) is 6.26. The predicted octanol–water partition coefficient (Wildman–Crippen LogP) is 2.29. The summed E-state index contributed by atoms with van der Waals surface area (Å²) in [5.41, 5.74) is 7.83. The van der Waals surface area contributed by atoms with E-state index >= 15 is 0 Å². The molecule has 0 fully saturated rings. The van der Waals surface area contributed by atoms with Gasteiger partial charge in [0.15, 0.2) is 5.65 Å². The van der Waals surface area contributed by atoms with Crippen LogP contribution in [0.2, 0.25) is 0 Å². The summed E-state index contributed by atoms with van der Waals surface area (Å²) in [5, 5.41) is 9.22. The maximum Gasteiger partial charge on any atom is 0.339 e. The second-order valence-corrected chi connectivity index (χ2v) is 4.50. The number of anilines is 1. The minimum Gasteiger partial charge on any atom is -0.497 e. The molecule has 106 valence electrons. The minimum atomic E-state index is -1.04. The molecule has 3 aromatic rings. The van der Waals surface area contributed by atoms with Gasteiger partial charge in [0.1, 0.15) is 22.8 Å². The van der Waals surface area contributed by atoms with Gasteiger partial charge in [-0.3, -0.25) is 4.40 Å². The molecule has 0 aliphatic carbocycles. The third-order valence-corrected chi connectivity index (χ3v) is 3.26. The van der Waals surface area contributed by atoms with Crippen molar-refractivity contribution in [1.82, 2.24) is 9.38 Å². The van der Waals surface area contributed by atoms with E-state index < -0.39 is 5.97 Å². The molecule has 0 radical (unpaired) electrons. The van der Waals surface area contributed by atoms with E-state index in [0.29, 0.717) is 22.9 Å². The van der Waals surface area contributed by atoms with Gasteiger partial charge in [-0.1, -0.05) is 12.1 Å². The van der Waals surface area contributed by atoms with Gasteiger partial charge < -0.3 is 15.6 Å². The van der Waals surface area contributed by atoms with Crippen molar-refractivity contribution in [2.75, 3.05) is 12.8 Å². The van der Waals surface area contributed by atoms with Crippen LogP contribution in [0.1, 0.15) is 10.4 Å². The smallest absolute Gasteiger partial charge is 0.339 e. The van der Waals surface area contributed by atoms with E-state index in [0.717, 1.165) is 5.56 Å². The molecule has 0 saturated carbocycles. The topological polar surface area (TPSA) is 89.8 Å². The van der Waals surface area contributed by atoms with Gasteiger partial charge in [-0.05, 0) is 24.3 Å². The van der Waals surface area contributed by atoms with Crippen LogP contribution >= 0.6 is 0 Å². The summed E-state index contributed by atoms with van der Waals surface area (Å²) in [6.45, 7) is 0. The molecular weight excluding hydrogens is 270 g/mol. The first-order chi connectivity index (χ1) is 10.1. The molecule has 21 heavy (non-hydrogen) atoms. The summed E-state index contributed by atoms with van der Waals surface area (Å²) in [6.07, 6.45) is 1.69. The monoisotopic (exact) mass is 283 g/mol. The lowest BCUT2D eigenvalue weighted by Crippen LogP contribution is -2.01. The number of methoxy groups -OCH3 is 1. The predicted molar refractivity (Wildman–Crippen MR) is 78.6 cm³/mol. The van der Waals surface area contributed by atoms with E-state index in [-0.39, 0.29) is 5.56 Å². The van der Waals surface area contributed by atoms with E-state index in [4.69, 9.17) is 10.5 Å². The fourth-order valence-corrected chi connectivity index (χ4v) is 2.24. The van der Waals surface area contributed by atoms with Gasteiger partial charge in [0.2, 0.25) is 0 Å². The molecule has 0 unspecified atom stereocenters. The van der Waals surface area contributed by atoms with Crippen molar-refractivity contribution in [2.45, 2.75) is 0 Å². The Morgan fingerprint density at radius 2 is 2.14 bits per heavy atom. The lowest BCUT2D eigenvalue weighted by Gasteiger charge is -2.02. The number of carbonyl (C=O) groups is 1. The molecule has 0 bridgehead atoms. The first-order valence-corrected chi connectivity index (χ1v) is 6.26. The minimum absolute atomic E-state index is 0.110. The average Bonchev–Trinajstić information content (AvgIpc) is 2.84. The second-order valence-electron chi connectivity index (χ2n) is 4.50. The quantitative estimate of drug-likeness (QED) is 0.769. The number of rotatable bonds is 3. The number of fused-ring (bicyclic) bond motifs is 1. The van der Waals surface area contributed by atoms with E-state index in [2.05, 4.69) is 4.98 Å². The van der Waals surface area contributed by atoms with Crippen LogP contribution < -0.4 is 10.5 Å². The number of nitrogen functional groups attached to an aromatic ring is 1. The Morgan fingerprint density at radius 3 is 2.86 bits per heavy atom. The molecule has 3 N–H and O–H groups in total. The Hall–Kier alpha value is -3.02. The third kappa shape index (κ3) is 2.06. The SMILES string of the molecule is COc1cccc(-c2nc3c(C(=O)O)cccn3c2N)c1. The van der Waals surface area contributed by atoms with Crippen LogP contribution in [-0.4, -0.2) is 27.6 Å². The van der Waals surface area contributed by atoms with Gasteiger partial charge >= 0.3 is 5.97 Å². The molecule has 0 aliphatic heterocycles. The highest BCUT2D eigenvalue weighted by molar-refractivity contribution is 5.95. The van der Waals surface area contributed by atoms with Gasteiger partial charge in [-0.25, -0.2) is 9.78 Å². The Balaban J connectivity index is 2.26. The fraction of sp³-hybridized carbons (Fsp3) is 0.0667. The number of nitrogens with zero attached hydrogens (tertiary/aromatic N) is 2. The van der Waals surface area contributed by atoms with Crippen molar-refractivity contribution in [3.8, 4) is 17.0 Å².